The fourth-order valence-electron chi connectivity index (χ4n) is 2.72. The van der Waals surface area contributed by atoms with E-state index in [1.807, 2.05) is 13.8 Å². The number of amides is 1. The van der Waals surface area contributed by atoms with E-state index in [1.165, 1.54) is 0 Å². The van der Waals surface area contributed by atoms with E-state index in [0.29, 0.717) is 28.8 Å². The van der Waals surface area contributed by atoms with Crippen LogP contribution in [0.2, 0.25) is 5.02 Å². The van der Waals surface area contributed by atoms with Crippen LogP contribution in [0.25, 0.3) is 0 Å². The molecule has 3 rings (SSSR count). The summed E-state index contributed by atoms with van der Waals surface area (Å²) in [6.45, 7) is 4.09. The van der Waals surface area contributed by atoms with Crippen LogP contribution in [0.15, 0.2) is 28.8 Å². The lowest BCUT2D eigenvalue weighted by Gasteiger charge is -2.22. The summed E-state index contributed by atoms with van der Waals surface area (Å²) in [6, 6.07) is 6.74. The van der Waals surface area contributed by atoms with Crippen LogP contribution in [0, 0.1) is 0 Å². The molecule has 25 heavy (non-hydrogen) atoms. The van der Waals surface area contributed by atoms with Crippen LogP contribution < -0.4 is 11.1 Å². The molecule has 1 aliphatic heterocycles. The Morgan fingerprint density at radius 1 is 1.44 bits per heavy atom. The lowest BCUT2D eigenvalue weighted by molar-refractivity contribution is 0.0307. The summed E-state index contributed by atoms with van der Waals surface area (Å²) in [5, 5.41) is 7.41. The first-order valence-corrected chi connectivity index (χ1v) is 8.54. The molecule has 0 bridgehead atoms. The van der Waals surface area contributed by atoms with Gasteiger partial charge in [-0.1, -0.05) is 22.8 Å². The molecule has 2 unspecified atom stereocenters. The first-order valence-electron chi connectivity index (χ1n) is 8.17. The molecule has 2 atom stereocenters. The van der Waals surface area contributed by atoms with Crippen molar-refractivity contribution in [3.8, 4) is 0 Å². The molecule has 1 aromatic heterocycles. The predicted octanol–water partition coefficient (Wildman–Crippen LogP) is 2.57. The third-order valence-corrected chi connectivity index (χ3v) is 4.39. The number of halogens is 1. The highest BCUT2D eigenvalue weighted by atomic mass is 35.5. The highest BCUT2D eigenvalue weighted by Gasteiger charge is 2.34. The summed E-state index contributed by atoms with van der Waals surface area (Å²) in [7, 11) is 0. The van der Waals surface area contributed by atoms with E-state index in [0.717, 1.165) is 12.8 Å². The minimum atomic E-state index is -0.812. The molecule has 1 amide bonds. The Kier molecular flexibility index (Phi) is 5.08. The second-order valence-electron chi connectivity index (χ2n) is 6.61. The zero-order chi connectivity index (χ0) is 18.0. The molecule has 2 aromatic rings. The number of benzene rings is 1. The highest BCUT2D eigenvalue weighted by molar-refractivity contribution is 6.30. The molecule has 0 saturated carbocycles. The van der Waals surface area contributed by atoms with Gasteiger partial charge in [-0.25, -0.2) is 0 Å². The van der Waals surface area contributed by atoms with Crippen LogP contribution in [0.5, 0.6) is 0 Å². The molecule has 3 N–H and O–H groups in total. The van der Waals surface area contributed by atoms with Gasteiger partial charge in [0.2, 0.25) is 0 Å². The molecule has 2 heterocycles. The van der Waals surface area contributed by atoms with Crippen molar-refractivity contribution in [2.45, 2.75) is 44.4 Å². The Bertz CT molecular complexity index is 762. The van der Waals surface area contributed by atoms with Gasteiger partial charge in [-0.3, -0.25) is 4.79 Å². The largest absolute Gasteiger partial charge is 0.364 e. The summed E-state index contributed by atoms with van der Waals surface area (Å²) >= 11 is 5.93. The van der Waals surface area contributed by atoms with Gasteiger partial charge < -0.3 is 20.3 Å². The van der Waals surface area contributed by atoms with Gasteiger partial charge in [0.1, 0.15) is 6.10 Å². The Balaban J connectivity index is 1.71. The van der Waals surface area contributed by atoms with Gasteiger partial charge in [-0.2, -0.15) is 4.98 Å². The predicted molar refractivity (Wildman–Crippen MR) is 92.1 cm³/mol. The number of carbonyl (C=O) groups is 1. The van der Waals surface area contributed by atoms with E-state index < -0.39 is 5.54 Å². The molecular formula is C17H21ClN4O3. The van der Waals surface area contributed by atoms with E-state index in [4.69, 9.17) is 26.6 Å². The normalized spacial score (nSPS) is 20.6. The van der Waals surface area contributed by atoms with Crippen LogP contribution in [0.1, 0.15) is 54.9 Å². The number of nitrogens with one attached hydrogen (secondary N) is 1. The number of rotatable bonds is 5. The second kappa shape index (κ2) is 7.11. The van der Waals surface area contributed by atoms with Crippen molar-refractivity contribution >= 4 is 17.5 Å². The monoisotopic (exact) mass is 364 g/mol. The van der Waals surface area contributed by atoms with Crippen LogP contribution in [0.3, 0.4) is 0 Å². The van der Waals surface area contributed by atoms with E-state index in [2.05, 4.69) is 15.5 Å². The average molecular weight is 365 g/mol. The van der Waals surface area contributed by atoms with Crippen molar-refractivity contribution in [2.75, 3.05) is 6.54 Å². The number of nitrogens with zero attached hydrogens (tertiary/aromatic N) is 2. The molecule has 0 radical (unpaired) electrons. The first-order chi connectivity index (χ1) is 11.9. The number of carbonyl (C=O) groups excluding carboxylic acids is 1. The van der Waals surface area contributed by atoms with Crippen molar-refractivity contribution < 1.29 is 14.1 Å². The fourth-order valence-corrected chi connectivity index (χ4v) is 2.91. The maximum Gasteiger partial charge on any atom is 0.255 e. The van der Waals surface area contributed by atoms with Crippen LogP contribution >= 0.6 is 11.6 Å². The summed E-state index contributed by atoms with van der Waals surface area (Å²) < 4.78 is 11.1. The van der Waals surface area contributed by atoms with Gasteiger partial charge in [0, 0.05) is 17.1 Å². The van der Waals surface area contributed by atoms with Gasteiger partial charge in [-0.05, 0) is 44.9 Å². The molecule has 0 aliphatic carbocycles. The van der Waals surface area contributed by atoms with Crippen LogP contribution in [-0.4, -0.2) is 28.7 Å². The van der Waals surface area contributed by atoms with Gasteiger partial charge >= 0.3 is 0 Å². The Morgan fingerprint density at radius 2 is 2.24 bits per heavy atom. The van der Waals surface area contributed by atoms with E-state index in [-0.39, 0.29) is 18.1 Å². The van der Waals surface area contributed by atoms with Crippen molar-refractivity contribution in [3.05, 3.63) is 46.6 Å². The van der Waals surface area contributed by atoms with Crippen molar-refractivity contribution in [3.63, 3.8) is 0 Å². The average Bonchev–Trinajstić information content (AvgIpc) is 3.23. The fraction of sp³-hybridized carbons (Fsp3) is 0.471. The maximum absolute atomic E-state index is 12.4. The third-order valence-electron chi connectivity index (χ3n) is 4.16. The second-order valence-corrected chi connectivity index (χ2v) is 7.04. The topological polar surface area (TPSA) is 103 Å². The van der Waals surface area contributed by atoms with Gasteiger partial charge in [0.05, 0.1) is 11.6 Å². The number of ether oxygens (including phenoxy) is 1. The summed E-state index contributed by atoms with van der Waals surface area (Å²) in [6.07, 6.45) is 1.44. The molecule has 1 aliphatic rings. The van der Waals surface area contributed by atoms with Crippen molar-refractivity contribution in [2.24, 2.45) is 5.73 Å². The standard InChI is InChI=1S/C17H21ClN4O3/c1-17(2,21-14(23)10-4-3-5-11(18)8-10)16-20-15(25-22-16)13-7-6-12(9-19)24-13/h3-5,8,12-13H,6-7,9,19H2,1-2H3,(H,21,23). The van der Waals surface area contributed by atoms with E-state index in [9.17, 15) is 4.79 Å². The van der Waals surface area contributed by atoms with E-state index >= 15 is 0 Å². The Morgan fingerprint density at radius 3 is 2.92 bits per heavy atom. The smallest absolute Gasteiger partial charge is 0.255 e. The molecule has 1 aromatic carbocycles. The third kappa shape index (κ3) is 4.00. The first kappa shape index (κ1) is 17.8. The van der Waals surface area contributed by atoms with Crippen LogP contribution in [0.4, 0.5) is 0 Å². The lowest BCUT2D eigenvalue weighted by Crippen LogP contribution is -2.41. The maximum atomic E-state index is 12.4. The quantitative estimate of drug-likeness (QED) is 0.845. The molecule has 0 spiro atoms. The zero-order valence-electron chi connectivity index (χ0n) is 14.2. The van der Waals surface area contributed by atoms with E-state index in [1.54, 1.807) is 24.3 Å². The summed E-state index contributed by atoms with van der Waals surface area (Å²) in [5.41, 5.74) is 5.28. The minimum absolute atomic E-state index is 0.0240. The molecular weight excluding hydrogens is 344 g/mol. The minimum Gasteiger partial charge on any atom is -0.364 e. The molecule has 1 saturated heterocycles. The molecule has 7 nitrogen and oxygen atoms in total. The Hall–Kier alpha value is -1.96. The number of hydrogen-bond acceptors (Lipinski definition) is 6. The molecule has 134 valence electrons. The van der Waals surface area contributed by atoms with Gasteiger partial charge in [-0.15, -0.1) is 0 Å². The van der Waals surface area contributed by atoms with Gasteiger partial charge in [0.15, 0.2) is 5.82 Å². The number of nitrogens with two attached hydrogens (primary N) is 1. The summed E-state index contributed by atoms with van der Waals surface area (Å²) in [5.74, 6) is 0.535. The molecule has 8 heteroatoms. The SMILES string of the molecule is CC(C)(NC(=O)c1cccc(Cl)c1)c1noc(C2CCC(CN)O2)n1. The number of aromatic nitrogens is 2. The lowest BCUT2D eigenvalue weighted by atomic mass is 10.0. The van der Waals surface area contributed by atoms with Gasteiger partial charge in [0.25, 0.3) is 11.8 Å². The summed E-state index contributed by atoms with van der Waals surface area (Å²) in [4.78, 5) is 16.8. The Labute approximate surface area is 150 Å². The zero-order valence-corrected chi connectivity index (χ0v) is 14.9. The number of hydrogen-bond donors (Lipinski definition) is 2. The van der Waals surface area contributed by atoms with Crippen molar-refractivity contribution in [1.29, 1.82) is 0 Å². The molecule has 1 fully saturated rings. The van der Waals surface area contributed by atoms with Crippen LogP contribution in [-0.2, 0) is 10.3 Å². The highest BCUT2D eigenvalue weighted by Crippen LogP contribution is 2.32. The van der Waals surface area contributed by atoms with Crippen molar-refractivity contribution in [1.82, 2.24) is 15.5 Å².